The average molecular weight is 234 g/mol. The van der Waals surface area contributed by atoms with Gasteiger partial charge in [-0.15, -0.1) is 0 Å². The molecule has 0 aliphatic rings. The monoisotopic (exact) mass is 233 g/mol. The van der Waals surface area contributed by atoms with E-state index in [1.165, 1.54) is 19.2 Å². The van der Waals surface area contributed by atoms with Gasteiger partial charge >= 0.3 is 0 Å². The van der Waals surface area contributed by atoms with Crippen LogP contribution < -0.4 is 5.32 Å². The van der Waals surface area contributed by atoms with Crippen LogP contribution in [0.15, 0.2) is 18.2 Å². The highest BCUT2D eigenvalue weighted by Gasteiger charge is 2.08. The van der Waals surface area contributed by atoms with Crippen LogP contribution in [0.5, 0.6) is 0 Å². The first-order valence-corrected chi connectivity index (χ1v) is 4.88. The molecule has 0 aromatic heterocycles. The number of para-hydroxylation sites is 1. The van der Waals surface area contributed by atoms with Crippen LogP contribution in [0.3, 0.4) is 0 Å². The molecule has 1 rings (SSSR count). The number of aliphatic hydroxyl groups is 1. The lowest BCUT2D eigenvalue weighted by Crippen LogP contribution is -2.24. The van der Waals surface area contributed by atoms with Gasteiger partial charge in [-0.05, 0) is 12.1 Å². The number of hydrogen-bond acceptors (Lipinski definition) is 3. The van der Waals surface area contributed by atoms with E-state index in [9.17, 15) is 9.50 Å². The molecule has 0 amide bonds. The second-order valence-corrected chi connectivity index (χ2v) is 3.49. The number of nitrogens with one attached hydrogen (secondary N) is 1. The Hall–Kier alpha value is -0.840. The van der Waals surface area contributed by atoms with E-state index < -0.39 is 11.9 Å². The summed E-state index contributed by atoms with van der Waals surface area (Å²) < 4.78 is 18.0. The molecule has 0 heterocycles. The predicted molar refractivity (Wildman–Crippen MR) is 57.8 cm³/mol. The molecule has 15 heavy (non-hydrogen) atoms. The minimum Gasteiger partial charge on any atom is -0.389 e. The van der Waals surface area contributed by atoms with E-state index in [0.29, 0.717) is 5.02 Å². The van der Waals surface area contributed by atoms with Gasteiger partial charge < -0.3 is 15.2 Å². The molecule has 1 atom stereocenters. The van der Waals surface area contributed by atoms with Crippen LogP contribution in [0.25, 0.3) is 0 Å². The normalized spacial score (nSPS) is 12.5. The Balaban J connectivity index is 2.57. The van der Waals surface area contributed by atoms with Gasteiger partial charge in [0.2, 0.25) is 0 Å². The van der Waals surface area contributed by atoms with E-state index in [-0.39, 0.29) is 18.8 Å². The number of ether oxygens (including phenoxy) is 1. The number of aliphatic hydroxyl groups excluding tert-OH is 1. The zero-order valence-electron chi connectivity index (χ0n) is 8.34. The predicted octanol–water partition coefficient (Wildman–Crippen LogP) is 1.90. The summed E-state index contributed by atoms with van der Waals surface area (Å²) in [6.07, 6.45) is -0.689. The smallest absolute Gasteiger partial charge is 0.147 e. The van der Waals surface area contributed by atoms with Crippen LogP contribution in [0.1, 0.15) is 0 Å². The summed E-state index contributed by atoms with van der Waals surface area (Å²) in [5.41, 5.74) is 0.203. The lowest BCUT2D eigenvalue weighted by atomic mass is 10.3. The van der Waals surface area contributed by atoms with Crippen molar-refractivity contribution in [2.75, 3.05) is 25.6 Å². The molecular formula is C10H13ClFNO2. The summed E-state index contributed by atoms with van der Waals surface area (Å²) >= 11 is 5.77. The van der Waals surface area contributed by atoms with Crippen molar-refractivity contribution < 1.29 is 14.2 Å². The minimum absolute atomic E-state index is 0.189. The minimum atomic E-state index is -0.689. The van der Waals surface area contributed by atoms with Gasteiger partial charge in [0.25, 0.3) is 0 Å². The van der Waals surface area contributed by atoms with Gasteiger partial charge in [-0.2, -0.15) is 0 Å². The topological polar surface area (TPSA) is 41.5 Å². The third-order valence-electron chi connectivity index (χ3n) is 1.84. The summed E-state index contributed by atoms with van der Waals surface area (Å²) in [7, 11) is 1.49. The lowest BCUT2D eigenvalue weighted by Gasteiger charge is -2.13. The molecule has 2 N–H and O–H groups in total. The van der Waals surface area contributed by atoms with Gasteiger partial charge in [-0.3, -0.25) is 0 Å². The molecule has 0 spiro atoms. The summed E-state index contributed by atoms with van der Waals surface area (Å²) in [5, 5.41) is 12.4. The van der Waals surface area contributed by atoms with Gasteiger partial charge in [-0.1, -0.05) is 17.7 Å². The largest absolute Gasteiger partial charge is 0.389 e. The van der Waals surface area contributed by atoms with E-state index in [4.69, 9.17) is 16.3 Å². The quantitative estimate of drug-likeness (QED) is 0.816. The van der Waals surface area contributed by atoms with Crippen molar-refractivity contribution in [2.24, 2.45) is 0 Å². The molecule has 1 unspecified atom stereocenters. The van der Waals surface area contributed by atoms with E-state index >= 15 is 0 Å². The zero-order chi connectivity index (χ0) is 11.3. The maximum atomic E-state index is 13.2. The molecular weight excluding hydrogens is 221 g/mol. The van der Waals surface area contributed by atoms with Crippen LogP contribution in [0.4, 0.5) is 10.1 Å². The summed E-state index contributed by atoms with van der Waals surface area (Å²) in [6, 6.07) is 4.40. The van der Waals surface area contributed by atoms with Crippen molar-refractivity contribution in [1.29, 1.82) is 0 Å². The third-order valence-corrected chi connectivity index (χ3v) is 2.15. The number of anilines is 1. The van der Waals surface area contributed by atoms with E-state index in [0.717, 1.165) is 0 Å². The first-order valence-electron chi connectivity index (χ1n) is 4.50. The van der Waals surface area contributed by atoms with E-state index in [1.54, 1.807) is 6.07 Å². The standard InChI is InChI=1S/C10H13ClFNO2/c1-15-6-7(14)5-13-10-8(11)3-2-4-9(10)12/h2-4,7,13-14H,5-6H2,1H3. The van der Waals surface area contributed by atoms with E-state index in [2.05, 4.69) is 5.32 Å². The maximum absolute atomic E-state index is 13.2. The van der Waals surface area contributed by atoms with Crippen LogP contribution in [-0.4, -0.2) is 31.5 Å². The lowest BCUT2D eigenvalue weighted by molar-refractivity contribution is 0.0727. The fourth-order valence-corrected chi connectivity index (χ4v) is 1.37. The Morgan fingerprint density at radius 2 is 2.33 bits per heavy atom. The second kappa shape index (κ2) is 5.90. The van der Waals surface area contributed by atoms with Crippen molar-refractivity contribution in [1.82, 2.24) is 0 Å². The summed E-state index contributed by atoms with van der Waals surface area (Å²) in [6.45, 7) is 0.383. The molecule has 1 aromatic carbocycles. The van der Waals surface area contributed by atoms with Crippen molar-refractivity contribution in [3.8, 4) is 0 Å². The van der Waals surface area contributed by atoms with Gasteiger partial charge in [0.05, 0.1) is 23.4 Å². The highest BCUT2D eigenvalue weighted by Crippen LogP contribution is 2.24. The van der Waals surface area contributed by atoms with Gasteiger partial charge in [0.1, 0.15) is 5.82 Å². The molecule has 5 heteroatoms. The van der Waals surface area contributed by atoms with Gasteiger partial charge in [0, 0.05) is 13.7 Å². The average Bonchev–Trinajstić information content (AvgIpc) is 2.17. The molecule has 0 saturated heterocycles. The van der Waals surface area contributed by atoms with Crippen LogP contribution in [0.2, 0.25) is 5.02 Å². The Bertz CT molecular complexity index is 302. The van der Waals surface area contributed by atoms with Crippen molar-refractivity contribution >= 4 is 17.3 Å². The number of rotatable bonds is 5. The molecule has 0 fully saturated rings. The van der Waals surface area contributed by atoms with Crippen molar-refractivity contribution in [3.63, 3.8) is 0 Å². The summed E-state index contributed by atoms with van der Waals surface area (Å²) in [4.78, 5) is 0. The first-order chi connectivity index (χ1) is 7.15. The Labute approximate surface area is 92.8 Å². The number of hydrogen-bond donors (Lipinski definition) is 2. The highest BCUT2D eigenvalue weighted by molar-refractivity contribution is 6.33. The first kappa shape index (κ1) is 12.2. The molecule has 84 valence electrons. The third kappa shape index (κ3) is 3.66. The Morgan fingerprint density at radius 1 is 1.60 bits per heavy atom. The fourth-order valence-electron chi connectivity index (χ4n) is 1.14. The SMILES string of the molecule is COCC(O)CNc1c(F)cccc1Cl. The molecule has 1 aromatic rings. The molecule has 0 bridgehead atoms. The Kier molecular flexibility index (Phi) is 4.81. The Morgan fingerprint density at radius 3 is 2.93 bits per heavy atom. The maximum Gasteiger partial charge on any atom is 0.147 e. The zero-order valence-corrected chi connectivity index (χ0v) is 9.09. The molecule has 0 aliphatic heterocycles. The van der Waals surface area contributed by atoms with Gasteiger partial charge in [0.15, 0.2) is 0 Å². The van der Waals surface area contributed by atoms with Crippen LogP contribution in [0, 0.1) is 5.82 Å². The molecule has 0 aliphatic carbocycles. The van der Waals surface area contributed by atoms with Crippen LogP contribution >= 0.6 is 11.6 Å². The summed E-state index contributed by atoms with van der Waals surface area (Å²) in [5.74, 6) is -0.438. The van der Waals surface area contributed by atoms with E-state index in [1.807, 2.05) is 0 Å². The molecule has 0 saturated carbocycles. The van der Waals surface area contributed by atoms with Gasteiger partial charge in [-0.25, -0.2) is 4.39 Å². The van der Waals surface area contributed by atoms with Crippen LogP contribution in [-0.2, 0) is 4.74 Å². The number of halogens is 2. The van der Waals surface area contributed by atoms with Crippen molar-refractivity contribution in [3.05, 3.63) is 29.0 Å². The van der Waals surface area contributed by atoms with Crippen molar-refractivity contribution in [2.45, 2.75) is 6.10 Å². The number of benzene rings is 1. The fraction of sp³-hybridized carbons (Fsp3) is 0.400. The molecule has 0 radical (unpaired) electrons. The highest BCUT2D eigenvalue weighted by atomic mass is 35.5. The second-order valence-electron chi connectivity index (χ2n) is 3.09. The molecule has 3 nitrogen and oxygen atoms in total. The number of methoxy groups -OCH3 is 1.